The Bertz CT molecular complexity index is 1350. The number of thiocarbonyl (C=S) groups is 1. The van der Waals surface area contributed by atoms with Crippen molar-refractivity contribution in [1.29, 1.82) is 0 Å². The van der Waals surface area contributed by atoms with Gasteiger partial charge in [0.2, 0.25) is 0 Å². The molecule has 0 radical (unpaired) electrons. The smallest absolute Gasteiger partial charge is 0.354 e. The van der Waals surface area contributed by atoms with Crippen LogP contribution in [0.15, 0.2) is 67.4 Å². The predicted octanol–water partition coefficient (Wildman–Crippen LogP) is 7.20. The standard InChI is InChI=1S/C28H26F6N4S/c1-2-16-15-38-10-8-17(16)11-24(38)25(22-7-9-35-23-6-4-3-5-21(22)23)37-26(39)36-20-13-18(27(29,30)31)12-19(14-20)28(32,33)34/h2-7,9,12-14,16-17,24-25H,1,8,10-11,15H2,(H2,36,37,39)/t16-,17?,24+,25-/m0/s1. The molecule has 4 nitrogen and oxygen atoms in total. The van der Waals surface area contributed by atoms with Crippen LogP contribution < -0.4 is 10.6 Å². The van der Waals surface area contributed by atoms with E-state index < -0.39 is 29.2 Å². The molecule has 3 aliphatic heterocycles. The van der Waals surface area contributed by atoms with Gasteiger partial charge < -0.3 is 10.6 Å². The Morgan fingerprint density at radius 2 is 1.74 bits per heavy atom. The topological polar surface area (TPSA) is 40.2 Å². The fraction of sp³-hybridized carbons (Fsp3) is 0.357. The van der Waals surface area contributed by atoms with Crippen LogP contribution in [0.25, 0.3) is 10.9 Å². The van der Waals surface area contributed by atoms with E-state index in [1.807, 2.05) is 36.4 Å². The highest BCUT2D eigenvalue weighted by Crippen LogP contribution is 2.42. The lowest BCUT2D eigenvalue weighted by Gasteiger charge is -2.52. The van der Waals surface area contributed by atoms with Gasteiger partial charge in [-0.1, -0.05) is 24.3 Å². The number of piperidine rings is 3. The quantitative estimate of drug-likeness (QED) is 0.195. The van der Waals surface area contributed by atoms with Crippen LogP contribution in [0.1, 0.15) is 35.6 Å². The number of hydrogen-bond donors (Lipinski definition) is 2. The number of hydrogen-bond acceptors (Lipinski definition) is 3. The van der Waals surface area contributed by atoms with E-state index in [-0.39, 0.29) is 23.3 Å². The van der Waals surface area contributed by atoms with Crippen molar-refractivity contribution >= 4 is 33.9 Å². The first-order chi connectivity index (χ1) is 18.4. The molecule has 0 amide bonds. The summed E-state index contributed by atoms with van der Waals surface area (Å²) in [5.74, 6) is 0.787. The number of nitrogens with one attached hydrogen (secondary N) is 2. The highest BCUT2D eigenvalue weighted by atomic mass is 32.1. The van der Waals surface area contributed by atoms with Gasteiger partial charge in [-0.3, -0.25) is 9.88 Å². The molecule has 0 aliphatic carbocycles. The van der Waals surface area contributed by atoms with E-state index in [1.54, 1.807) is 6.20 Å². The largest absolute Gasteiger partial charge is 0.416 e. The molecule has 3 aliphatic rings. The van der Waals surface area contributed by atoms with Crippen molar-refractivity contribution < 1.29 is 26.3 Å². The molecule has 2 unspecified atom stereocenters. The van der Waals surface area contributed by atoms with Gasteiger partial charge in [-0.25, -0.2) is 0 Å². The molecular formula is C28H26F6N4S. The maximum Gasteiger partial charge on any atom is 0.416 e. The number of para-hydroxylation sites is 1. The number of benzene rings is 2. The zero-order valence-electron chi connectivity index (χ0n) is 20.7. The number of pyridine rings is 1. The zero-order valence-corrected chi connectivity index (χ0v) is 21.5. The van der Waals surface area contributed by atoms with Crippen LogP contribution in [0, 0.1) is 11.8 Å². The summed E-state index contributed by atoms with van der Waals surface area (Å²) < 4.78 is 80.3. The van der Waals surface area contributed by atoms with Gasteiger partial charge in [0.1, 0.15) is 0 Å². The molecule has 39 heavy (non-hydrogen) atoms. The van der Waals surface area contributed by atoms with Gasteiger partial charge in [-0.15, -0.1) is 6.58 Å². The summed E-state index contributed by atoms with van der Waals surface area (Å²) in [6, 6.07) is 10.4. The molecular weight excluding hydrogens is 538 g/mol. The van der Waals surface area contributed by atoms with Gasteiger partial charge in [0.25, 0.3) is 0 Å². The van der Waals surface area contributed by atoms with E-state index in [1.165, 1.54) is 0 Å². The third-order valence-electron chi connectivity index (χ3n) is 7.69. The first-order valence-corrected chi connectivity index (χ1v) is 12.9. The van der Waals surface area contributed by atoms with Crippen LogP contribution in [0.3, 0.4) is 0 Å². The molecule has 3 aromatic rings. The Hall–Kier alpha value is -3.18. The molecule has 206 valence electrons. The summed E-state index contributed by atoms with van der Waals surface area (Å²) in [6.07, 6.45) is -4.37. The fourth-order valence-electron chi connectivity index (χ4n) is 5.83. The minimum atomic E-state index is -4.96. The van der Waals surface area contributed by atoms with Crippen molar-refractivity contribution in [3.05, 3.63) is 84.1 Å². The predicted molar refractivity (Wildman–Crippen MR) is 142 cm³/mol. The molecule has 3 saturated heterocycles. The van der Waals surface area contributed by atoms with Crippen LogP contribution in [0.4, 0.5) is 32.0 Å². The molecule has 3 fully saturated rings. The summed E-state index contributed by atoms with van der Waals surface area (Å²) in [4.78, 5) is 6.79. The second kappa shape index (κ2) is 10.4. The van der Waals surface area contributed by atoms with E-state index in [0.717, 1.165) is 42.4 Å². The van der Waals surface area contributed by atoms with Gasteiger partial charge in [-0.05, 0) is 79.3 Å². The zero-order chi connectivity index (χ0) is 27.9. The van der Waals surface area contributed by atoms with Crippen molar-refractivity contribution in [1.82, 2.24) is 15.2 Å². The minimum Gasteiger partial charge on any atom is -0.354 e. The van der Waals surface area contributed by atoms with E-state index in [0.29, 0.717) is 24.0 Å². The highest BCUT2D eigenvalue weighted by Gasteiger charge is 2.43. The monoisotopic (exact) mass is 564 g/mol. The van der Waals surface area contributed by atoms with Crippen LogP contribution in [-0.4, -0.2) is 34.1 Å². The first kappa shape index (κ1) is 27.4. The highest BCUT2D eigenvalue weighted by molar-refractivity contribution is 7.80. The SMILES string of the molecule is C=C[C@H]1CN2CCC1C[C@@H]2[C@@H](NC(=S)Nc1cc(C(F)(F)F)cc(C(F)(F)F)c1)c1ccnc2ccccc12. The van der Waals surface area contributed by atoms with Gasteiger partial charge >= 0.3 is 12.4 Å². The van der Waals surface area contributed by atoms with E-state index in [4.69, 9.17) is 12.2 Å². The van der Waals surface area contributed by atoms with E-state index >= 15 is 0 Å². The third kappa shape index (κ3) is 5.74. The lowest BCUT2D eigenvalue weighted by molar-refractivity contribution is -0.143. The molecule has 5 atom stereocenters. The molecule has 11 heteroatoms. The fourth-order valence-corrected chi connectivity index (χ4v) is 6.07. The van der Waals surface area contributed by atoms with Crippen LogP contribution in [0.5, 0.6) is 0 Å². The second-order valence-corrected chi connectivity index (χ2v) is 10.4. The van der Waals surface area contributed by atoms with Crippen molar-refractivity contribution in [2.45, 2.75) is 37.3 Å². The maximum atomic E-state index is 13.4. The minimum absolute atomic E-state index is 0.00208. The average molecular weight is 565 g/mol. The van der Waals surface area contributed by atoms with Crippen LogP contribution >= 0.6 is 12.2 Å². The van der Waals surface area contributed by atoms with Crippen LogP contribution in [-0.2, 0) is 12.4 Å². The van der Waals surface area contributed by atoms with Crippen molar-refractivity contribution in [3.63, 3.8) is 0 Å². The number of aromatic nitrogens is 1. The van der Waals surface area contributed by atoms with E-state index in [2.05, 4.69) is 27.1 Å². The molecule has 2 N–H and O–H groups in total. The van der Waals surface area contributed by atoms with Gasteiger partial charge in [0, 0.05) is 29.9 Å². The van der Waals surface area contributed by atoms with Crippen molar-refractivity contribution in [2.24, 2.45) is 11.8 Å². The number of fused-ring (bicyclic) bond motifs is 4. The Labute approximate surface area is 227 Å². The molecule has 6 rings (SSSR count). The summed E-state index contributed by atoms with van der Waals surface area (Å²) >= 11 is 5.47. The normalized spacial score (nSPS) is 23.8. The second-order valence-electron chi connectivity index (χ2n) is 10.0. The number of rotatable bonds is 5. The Morgan fingerprint density at radius 1 is 1.05 bits per heavy atom. The number of alkyl halides is 6. The summed E-state index contributed by atoms with van der Waals surface area (Å²) in [5.41, 5.74) is -1.55. The lowest BCUT2D eigenvalue weighted by Crippen LogP contribution is -2.57. The third-order valence-corrected chi connectivity index (χ3v) is 7.91. The van der Waals surface area contributed by atoms with Gasteiger partial charge in [0.05, 0.1) is 22.7 Å². The molecule has 2 bridgehead atoms. The molecule has 0 saturated carbocycles. The summed E-state index contributed by atoms with van der Waals surface area (Å²) in [6.45, 7) is 5.68. The van der Waals surface area contributed by atoms with Gasteiger partial charge in [-0.2, -0.15) is 26.3 Å². The number of halogens is 6. The summed E-state index contributed by atoms with van der Waals surface area (Å²) in [5, 5.41) is 6.65. The lowest BCUT2D eigenvalue weighted by atomic mass is 9.73. The molecule has 1 aromatic heterocycles. The average Bonchev–Trinajstić information content (AvgIpc) is 2.90. The van der Waals surface area contributed by atoms with Crippen molar-refractivity contribution in [2.75, 3.05) is 18.4 Å². The Kier molecular flexibility index (Phi) is 7.32. The Morgan fingerprint density at radius 3 is 2.36 bits per heavy atom. The number of nitrogens with zero attached hydrogens (tertiary/aromatic N) is 2. The molecule has 2 aromatic carbocycles. The first-order valence-electron chi connectivity index (χ1n) is 12.5. The molecule has 0 spiro atoms. The summed E-state index contributed by atoms with van der Waals surface area (Å²) in [7, 11) is 0. The molecule has 4 heterocycles. The number of anilines is 1. The maximum absolute atomic E-state index is 13.4. The van der Waals surface area contributed by atoms with Gasteiger partial charge in [0.15, 0.2) is 5.11 Å². The Balaban J connectivity index is 1.48. The van der Waals surface area contributed by atoms with Crippen molar-refractivity contribution in [3.8, 4) is 0 Å². The van der Waals surface area contributed by atoms with E-state index in [9.17, 15) is 26.3 Å². The van der Waals surface area contributed by atoms with Crippen LogP contribution in [0.2, 0.25) is 0 Å².